The van der Waals surface area contributed by atoms with Gasteiger partial charge in [-0.3, -0.25) is 9.52 Å². The Kier molecular flexibility index (Phi) is 5.72. The molecule has 0 aliphatic carbocycles. The maximum atomic E-state index is 12.8. The fourth-order valence-electron chi connectivity index (χ4n) is 2.77. The van der Waals surface area contributed by atoms with Crippen molar-refractivity contribution in [2.24, 2.45) is 0 Å². The van der Waals surface area contributed by atoms with Crippen LogP contribution in [-0.2, 0) is 10.0 Å². The van der Waals surface area contributed by atoms with E-state index in [1.54, 1.807) is 18.2 Å². The summed E-state index contributed by atoms with van der Waals surface area (Å²) in [7, 11) is -3.77. The van der Waals surface area contributed by atoms with E-state index in [0.717, 1.165) is 11.1 Å². The average Bonchev–Trinajstić information content (AvgIpc) is 2.67. The van der Waals surface area contributed by atoms with Gasteiger partial charge in [0.15, 0.2) is 0 Å². The van der Waals surface area contributed by atoms with Gasteiger partial charge < -0.3 is 5.32 Å². The molecule has 3 aromatic carbocycles. The largest absolute Gasteiger partial charge is 0.321 e. The van der Waals surface area contributed by atoms with E-state index in [9.17, 15) is 13.2 Å². The zero-order valence-corrected chi connectivity index (χ0v) is 16.9. The van der Waals surface area contributed by atoms with Crippen LogP contribution in [0.5, 0.6) is 0 Å². The van der Waals surface area contributed by atoms with Gasteiger partial charge in [0.05, 0.1) is 15.5 Å². The quantitative estimate of drug-likeness (QED) is 0.616. The number of sulfonamides is 1. The minimum Gasteiger partial charge on any atom is -0.321 e. The summed E-state index contributed by atoms with van der Waals surface area (Å²) in [5, 5.41) is 3.08. The number of halogens is 1. The van der Waals surface area contributed by atoms with E-state index >= 15 is 0 Å². The first-order valence-electron chi connectivity index (χ1n) is 8.53. The lowest BCUT2D eigenvalue weighted by Crippen LogP contribution is -2.16. The van der Waals surface area contributed by atoms with Gasteiger partial charge in [-0.2, -0.15) is 0 Å². The Bertz CT molecular complexity index is 1110. The second-order valence-corrected chi connectivity index (χ2v) is 8.42. The number of amides is 1. The molecular weight excluding hydrogens is 396 g/mol. The number of nitrogens with one attached hydrogen (secondary N) is 2. The number of para-hydroxylation sites is 1. The second kappa shape index (κ2) is 8.04. The molecule has 3 rings (SSSR count). The number of rotatable bonds is 5. The minimum absolute atomic E-state index is 0.131. The van der Waals surface area contributed by atoms with Crippen LogP contribution in [0, 0.1) is 13.8 Å². The smallest absolute Gasteiger partial charge is 0.261 e. The normalized spacial score (nSPS) is 11.1. The summed E-state index contributed by atoms with van der Waals surface area (Å²) >= 11 is 6.19. The van der Waals surface area contributed by atoms with Crippen LogP contribution in [0.15, 0.2) is 71.6 Å². The number of hydrogen-bond donors (Lipinski definition) is 2. The van der Waals surface area contributed by atoms with Gasteiger partial charge in [0.25, 0.3) is 15.9 Å². The Balaban J connectivity index is 1.88. The van der Waals surface area contributed by atoms with Crippen molar-refractivity contribution in [3.63, 3.8) is 0 Å². The van der Waals surface area contributed by atoms with Crippen LogP contribution in [0.1, 0.15) is 21.5 Å². The Labute approximate surface area is 169 Å². The molecule has 7 heteroatoms. The molecule has 0 fully saturated rings. The van der Waals surface area contributed by atoms with Crippen molar-refractivity contribution in [3.05, 3.63) is 88.4 Å². The van der Waals surface area contributed by atoms with E-state index in [1.165, 1.54) is 30.3 Å². The summed E-state index contributed by atoms with van der Waals surface area (Å²) in [6.45, 7) is 3.79. The van der Waals surface area contributed by atoms with Crippen molar-refractivity contribution in [1.82, 2.24) is 0 Å². The lowest BCUT2D eigenvalue weighted by atomic mass is 10.1. The molecule has 0 radical (unpaired) electrons. The van der Waals surface area contributed by atoms with Gasteiger partial charge in [-0.05, 0) is 55.3 Å². The van der Waals surface area contributed by atoms with Crippen LogP contribution in [0.4, 0.5) is 11.4 Å². The van der Waals surface area contributed by atoms with E-state index in [1.807, 2.05) is 32.0 Å². The highest BCUT2D eigenvalue weighted by Gasteiger charge is 2.17. The second-order valence-electron chi connectivity index (χ2n) is 6.33. The van der Waals surface area contributed by atoms with E-state index in [0.29, 0.717) is 5.69 Å². The summed E-state index contributed by atoms with van der Waals surface area (Å²) in [6.07, 6.45) is 0. The van der Waals surface area contributed by atoms with Crippen molar-refractivity contribution >= 4 is 38.9 Å². The zero-order chi connectivity index (χ0) is 20.3. The van der Waals surface area contributed by atoms with Gasteiger partial charge >= 0.3 is 0 Å². The molecule has 0 saturated heterocycles. The third-order valence-electron chi connectivity index (χ3n) is 4.24. The summed E-state index contributed by atoms with van der Waals surface area (Å²) in [6, 6.07) is 18.1. The number of anilines is 2. The maximum Gasteiger partial charge on any atom is 0.261 e. The third kappa shape index (κ3) is 4.35. The molecule has 0 aromatic heterocycles. The lowest BCUT2D eigenvalue weighted by molar-refractivity contribution is 0.102. The molecule has 5 nitrogen and oxygen atoms in total. The number of carbonyl (C=O) groups is 1. The molecule has 28 heavy (non-hydrogen) atoms. The zero-order valence-electron chi connectivity index (χ0n) is 15.4. The fourth-order valence-corrected chi connectivity index (χ4v) is 4.04. The molecule has 0 aliphatic heterocycles. The molecule has 3 aromatic rings. The Morgan fingerprint density at radius 1 is 0.893 bits per heavy atom. The van der Waals surface area contributed by atoms with Gasteiger partial charge in [-0.1, -0.05) is 48.0 Å². The summed E-state index contributed by atoms with van der Waals surface area (Å²) < 4.78 is 27.5. The van der Waals surface area contributed by atoms with Gasteiger partial charge in [0, 0.05) is 11.4 Å². The Morgan fingerprint density at radius 2 is 1.54 bits per heavy atom. The molecule has 0 saturated carbocycles. The van der Waals surface area contributed by atoms with Crippen LogP contribution in [0.3, 0.4) is 0 Å². The molecule has 0 unspecified atom stereocenters. The standard InChI is InChI=1S/C21H19ClN2O3S/c1-14-7-6-8-15(2)20(14)23-21(25)18-13-16(11-12-19(18)22)24-28(26,27)17-9-4-3-5-10-17/h3-13,24H,1-2H3,(H,23,25). The molecule has 0 aliphatic rings. The van der Waals surface area contributed by atoms with E-state index < -0.39 is 15.9 Å². The first kappa shape index (κ1) is 19.9. The van der Waals surface area contributed by atoms with Crippen LogP contribution in [0.2, 0.25) is 5.02 Å². The van der Waals surface area contributed by atoms with Gasteiger partial charge in [0.1, 0.15) is 0 Å². The average molecular weight is 415 g/mol. The first-order chi connectivity index (χ1) is 13.3. The molecule has 2 N–H and O–H groups in total. The molecule has 0 spiro atoms. The van der Waals surface area contributed by atoms with Gasteiger partial charge in [0.2, 0.25) is 0 Å². The lowest BCUT2D eigenvalue weighted by Gasteiger charge is -2.14. The van der Waals surface area contributed by atoms with Crippen LogP contribution < -0.4 is 10.0 Å². The number of hydrogen-bond acceptors (Lipinski definition) is 3. The predicted molar refractivity (Wildman–Crippen MR) is 113 cm³/mol. The van der Waals surface area contributed by atoms with E-state index in [4.69, 9.17) is 11.6 Å². The number of aryl methyl sites for hydroxylation is 2. The maximum absolute atomic E-state index is 12.8. The van der Waals surface area contributed by atoms with Crippen LogP contribution in [0.25, 0.3) is 0 Å². The van der Waals surface area contributed by atoms with Crippen molar-refractivity contribution in [1.29, 1.82) is 0 Å². The van der Waals surface area contributed by atoms with Gasteiger partial charge in [-0.25, -0.2) is 8.42 Å². The Hall–Kier alpha value is -2.83. The van der Waals surface area contributed by atoms with E-state index in [-0.39, 0.29) is 21.2 Å². The predicted octanol–water partition coefficient (Wildman–Crippen LogP) is 5.01. The molecule has 0 bridgehead atoms. The molecular formula is C21H19ClN2O3S. The van der Waals surface area contributed by atoms with Crippen LogP contribution in [-0.4, -0.2) is 14.3 Å². The summed E-state index contributed by atoms with van der Waals surface area (Å²) in [5.41, 5.74) is 2.98. The van der Waals surface area contributed by atoms with E-state index in [2.05, 4.69) is 10.0 Å². The first-order valence-corrected chi connectivity index (χ1v) is 10.4. The van der Waals surface area contributed by atoms with Crippen molar-refractivity contribution < 1.29 is 13.2 Å². The molecule has 1 amide bonds. The van der Waals surface area contributed by atoms with Crippen molar-refractivity contribution in [2.45, 2.75) is 18.7 Å². The highest BCUT2D eigenvalue weighted by molar-refractivity contribution is 7.92. The van der Waals surface area contributed by atoms with Crippen molar-refractivity contribution in [3.8, 4) is 0 Å². The number of benzene rings is 3. The summed E-state index contributed by atoms with van der Waals surface area (Å²) in [4.78, 5) is 12.9. The SMILES string of the molecule is Cc1cccc(C)c1NC(=O)c1cc(NS(=O)(=O)c2ccccc2)ccc1Cl. The topological polar surface area (TPSA) is 75.3 Å². The van der Waals surface area contributed by atoms with Crippen molar-refractivity contribution in [2.75, 3.05) is 10.0 Å². The number of carbonyl (C=O) groups excluding carboxylic acids is 1. The van der Waals surface area contributed by atoms with Crippen LogP contribution >= 0.6 is 11.6 Å². The monoisotopic (exact) mass is 414 g/mol. The third-order valence-corrected chi connectivity index (χ3v) is 5.96. The van der Waals surface area contributed by atoms with Gasteiger partial charge in [-0.15, -0.1) is 0 Å². The molecule has 0 atom stereocenters. The highest BCUT2D eigenvalue weighted by atomic mass is 35.5. The molecule has 144 valence electrons. The molecule has 0 heterocycles. The minimum atomic E-state index is -3.77. The Morgan fingerprint density at radius 3 is 2.18 bits per heavy atom. The summed E-state index contributed by atoms with van der Waals surface area (Å²) in [5.74, 6) is -0.414. The fraction of sp³-hybridized carbons (Fsp3) is 0.0952. The highest BCUT2D eigenvalue weighted by Crippen LogP contribution is 2.26.